The highest BCUT2D eigenvalue weighted by molar-refractivity contribution is 5.93. The predicted octanol–water partition coefficient (Wildman–Crippen LogP) is 2.61. The first-order chi connectivity index (χ1) is 14.7. The summed E-state index contributed by atoms with van der Waals surface area (Å²) in [4.78, 5) is 30.5. The molecule has 162 valence electrons. The Kier molecular flexibility index (Phi) is 5.18. The van der Waals surface area contributed by atoms with E-state index >= 15 is 4.39 Å². The van der Waals surface area contributed by atoms with E-state index in [1.807, 2.05) is 0 Å². The number of benzene rings is 1. The standard InChI is InChI=1S/C21H19F3N4O3/c1-10-16-18(29)13(21(30)31)9-28(15-4-3-11(22)7-14(15)23)19(16)26-20(17(10)24)27-6-5-12(8-27)25-2/h3-4,7,9,12,25H,5-6,8H2,1-2H3,(H,30,31)/t12-/m0/s1. The van der Waals surface area contributed by atoms with E-state index < -0.39 is 34.4 Å². The molecule has 1 saturated heterocycles. The molecule has 1 aliphatic rings. The molecule has 2 N–H and O–H groups in total. The molecule has 1 aliphatic heterocycles. The van der Waals surface area contributed by atoms with Crippen LogP contribution in [-0.4, -0.2) is 46.8 Å². The van der Waals surface area contributed by atoms with Crippen LogP contribution in [0.1, 0.15) is 22.3 Å². The number of rotatable bonds is 4. The van der Waals surface area contributed by atoms with Crippen molar-refractivity contribution < 1.29 is 23.1 Å². The lowest BCUT2D eigenvalue weighted by atomic mass is 10.1. The second-order valence-electron chi connectivity index (χ2n) is 7.44. The molecule has 0 spiro atoms. The van der Waals surface area contributed by atoms with Gasteiger partial charge >= 0.3 is 5.97 Å². The third-order valence-corrected chi connectivity index (χ3v) is 5.59. The summed E-state index contributed by atoms with van der Waals surface area (Å²) in [6.07, 6.45) is 1.68. The van der Waals surface area contributed by atoms with Crippen LogP contribution in [0.15, 0.2) is 29.2 Å². The Balaban J connectivity index is 2.07. The van der Waals surface area contributed by atoms with Crippen molar-refractivity contribution in [3.05, 3.63) is 63.2 Å². The van der Waals surface area contributed by atoms with Crippen molar-refractivity contribution in [3.63, 3.8) is 0 Å². The van der Waals surface area contributed by atoms with E-state index in [9.17, 15) is 23.5 Å². The molecule has 7 nitrogen and oxygen atoms in total. The number of hydrogen-bond donors (Lipinski definition) is 2. The number of aromatic nitrogens is 2. The van der Waals surface area contributed by atoms with Gasteiger partial charge in [0.05, 0.1) is 11.1 Å². The number of aromatic carboxylic acids is 1. The quantitative estimate of drug-likeness (QED) is 0.659. The summed E-state index contributed by atoms with van der Waals surface area (Å²) in [5, 5.41) is 12.3. The van der Waals surface area contributed by atoms with Gasteiger partial charge in [0.15, 0.2) is 17.3 Å². The molecule has 0 bridgehead atoms. The van der Waals surface area contributed by atoms with Crippen LogP contribution in [0.5, 0.6) is 0 Å². The summed E-state index contributed by atoms with van der Waals surface area (Å²) in [5.41, 5.74) is -2.01. The molecule has 1 fully saturated rings. The lowest BCUT2D eigenvalue weighted by Gasteiger charge is -2.21. The van der Waals surface area contributed by atoms with Crippen LogP contribution in [0.2, 0.25) is 0 Å². The maximum Gasteiger partial charge on any atom is 0.341 e. The number of likely N-dealkylation sites (N-methyl/N-ethyl adjacent to an activating group) is 1. The Morgan fingerprint density at radius 2 is 2.03 bits per heavy atom. The fraction of sp³-hybridized carbons (Fsp3) is 0.286. The van der Waals surface area contributed by atoms with E-state index in [4.69, 9.17) is 0 Å². The second kappa shape index (κ2) is 7.69. The highest BCUT2D eigenvalue weighted by atomic mass is 19.1. The number of carboxylic acids is 1. The first kappa shape index (κ1) is 20.9. The minimum absolute atomic E-state index is 0.0125. The number of aryl methyl sites for hydroxylation is 1. The molecule has 1 atom stereocenters. The van der Waals surface area contributed by atoms with E-state index in [1.165, 1.54) is 6.92 Å². The molecule has 1 aromatic carbocycles. The number of halogens is 3. The third kappa shape index (κ3) is 3.42. The molecule has 3 aromatic rings. The smallest absolute Gasteiger partial charge is 0.341 e. The highest BCUT2D eigenvalue weighted by Crippen LogP contribution is 2.30. The van der Waals surface area contributed by atoms with E-state index in [0.717, 1.165) is 29.3 Å². The lowest BCUT2D eigenvalue weighted by Crippen LogP contribution is -2.31. The van der Waals surface area contributed by atoms with Gasteiger partial charge in [-0.15, -0.1) is 0 Å². The fourth-order valence-corrected chi connectivity index (χ4v) is 3.89. The van der Waals surface area contributed by atoms with Crippen molar-refractivity contribution in [3.8, 4) is 5.69 Å². The predicted molar refractivity (Wildman–Crippen MR) is 109 cm³/mol. The third-order valence-electron chi connectivity index (χ3n) is 5.59. The van der Waals surface area contributed by atoms with Gasteiger partial charge in [0.2, 0.25) is 5.43 Å². The molecule has 4 rings (SSSR count). The van der Waals surface area contributed by atoms with Crippen molar-refractivity contribution in [1.82, 2.24) is 14.9 Å². The van der Waals surface area contributed by atoms with E-state index in [-0.39, 0.29) is 34.1 Å². The normalized spacial score (nSPS) is 16.3. The Morgan fingerprint density at radius 3 is 2.65 bits per heavy atom. The van der Waals surface area contributed by atoms with Gasteiger partial charge in [0.25, 0.3) is 0 Å². The van der Waals surface area contributed by atoms with Crippen molar-refractivity contribution in [2.75, 3.05) is 25.0 Å². The molecule has 3 heterocycles. The number of pyridine rings is 2. The molecule has 0 amide bonds. The molecule has 2 aromatic heterocycles. The summed E-state index contributed by atoms with van der Waals surface area (Å²) in [7, 11) is 1.80. The van der Waals surface area contributed by atoms with Gasteiger partial charge in [0, 0.05) is 37.0 Å². The molecule has 0 radical (unpaired) electrons. The summed E-state index contributed by atoms with van der Waals surface area (Å²) < 4.78 is 44.3. The number of carbonyl (C=O) groups is 1. The molecule has 10 heteroatoms. The van der Waals surface area contributed by atoms with Crippen LogP contribution in [-0.2, 0) is 0 Å². The lowest BCUT2D eigenvalue weighted by molar-refractivity contribution is 0.0695. The fourth-order valence-electron chi connectivity index (χ4n) is 3.89. The summed E-state index contributed by atoms with van der Waals surface area (Å²) in [6.45, 7) is 2.35. The second-order valence-corrected chi connectivity index (χ2v) is 7.44. The van der Waals surface area contributed by atoms with Crippen LogP contribution in [0, 0.1) is 24.4 Å². The number of hydrogen-bond acceptors (Lipinski definition) is 5. The zero-order valence-electron chi connectivity index (χ0n) is 16.7. The summed E-state index contributed by atoms with van der Waals surface area (Å²) in [6, 6.07) is 2.86. The van der Waals surface area contributed by atoms with Crippen molar-refractivity contribution in [2.24, 2.45) is 0 Å². The highest BCUT2D eigenvalue weighted by Gasteiger charge is 2.28. The van der Waals surface area contributed by atoms with Gasteiger partial charge in [0.1, 0.15) is 17.2 Å². The SMILES string of the molecule is CN[C@H]1CCN(c2nc3c(c(C)c2F)c(=O)c(C(=O)O)cn3-c2ccc(F)cc2F)C1. The average Bonchev–Trinajstić information content (AvgIpc) is 3.20. The Bertz CT molecular complexity index is 1280. The van der Waals surface area contributed by atoms with Crippen LogP contribution >= 0.6 is 0 Å². The number of nitrogens with one attached hydrogen (secondary N) is 1. The van der Waals surface area contributed by atoms with Gasteiger partial charge < -0.3 is 15.3 Å². The first-order valence-electron chi connectivity index (χ1n) is 9.59. The van der Waals surface area contributed by atoms with Gasteiger partial charge in [-0.2, -0.15) is 0 Å². The Morgan fingerprint density at radius 1 is 1.29 bits per heavy atom. The molecular weight excluding hydrogens is 413 g/mol. The van der Waals surface area contributed by atoms with Gasteiger partial charge in [-0.05, 0) is 32.5 Å². The molecule has 0 saturated carbocycles. The van der Waals surface area contributed by atoms with Crippen LogP contribution in [0.25, 0.3) is 16.7 Å². The zero-order chi connectivity index (χ0) is 22.4. The molecule has 0 unspecified atom stereocenters. The summed E-state index contributed by atoms with van der Waals surface area (Å²) >= 11 is 0. The maximum atomic E-state index is 15.2. The van der Waals surface area contributed by atoms with E-state index in [1.54, 1.807) is 11.9 Å². The Hall–Kier alpha value is -3.40. The van der Waals surface area contributed by atoms with Crippen molar-refractivity contribution in [2.45, 2.75) is 19.4 Å². The maximum absolute atomic E-state index is 15.2. The molecule has 0 aliphatic carbocycles. The number of nitrogens with zero attached hydrogens (tertiary/aromatic N) is 3. The monoisotopic (exact) mass is 432 g/mol. The summed E-state index contributed by atoms with van der Waals surface area (Å²) in [5.74, 6) is -4.11. The minimum Gasteiger partial charge on any atom is -0.477 e. The molecule has 31 heavy (non-hydrogen) atoms. The number of anilines is 1. The largest absolute Gasteiger partial charge is 0.477 e. The van der Waals surface area contributed by atoms with Crippen LogP contribution in [0.3, 0.4) is 0 Å². The topological polar surface area (TPSA) is 87.5 Å². The van der Waals surface area contributed by atoms with E-state index in [0.29, 0.717) is 19.2 Å². The van der Waals surface area contributed by atoms with Gasteiger partial charge in [-0.25, -0.2) is 22.9 Å². The zero-order valence-corrected chi connectivity index (χ0v) is 16.7. The number of carboxylic acid groups (broad SMARTS) is 1. The van der Waals surface area contributed by atoms with Gasteiger partial charge in [-0.3, -0.25) is 9.36 Å². The van der Waals surface area contributed by atoms with E-state index in [2.05, 4.69) is 10.3 Å². The number of fused-ring (bicyclic) bond motifs is 1. The van der Waals surface area contributed by atoms with Crippen LogP contribution in [0.4, 0.5) is 19.0 Å². The Labute approximate surface area is 174 Å². The minimum atomic E-state index is -1.55. The molecular formula is C21H19F3N4O3. The average molecular weight is 432 g/mol. The first-order valence-corrected chi connectivity index (χ1v) is 9.59. The van der Waals surface area contributed by atoms with Crippen molar-refractivity contribution >= 4 is 22.8 Å². The van der Waals surface area contributed by atoms with Crippen LogP contribution < -0.4 is 15.6 Å². The van der Waals surface area contributed by atoms with Crippen molar-refractivity contribution in [1.29, 1.82) is 0 Å². The van der Waals surface area contributed by atoms with Gasteiger partial charge in [-0.1, -0.05) is 0 Å².